The van der Waals surface area contributed by atoms with Gasteiger partial charge in [-0.2, -0.15) is 0 Å². The summed E-state index contributed by atoms with van der Waals surface area (Å²) in [5.41, 5.74) is 1.76. The van der Waals surface area contributed by atoms with Crippen LogP contribution in [0.15, 0.2) is 18.2 Å². The van der Waals surface area contributed by atoms with Crippen LogP contribution in [-0.2, 0) is 12.0 Å². The van der Waals surface area contributed by atoms with Crippen molar-refractivity contribution in [1.82, 2.24) is 0 Å². The van der Waals surface area contributed by atoms with Crippen molar-refractivity contribution in [2.24, 2.45) is 0 Å². The first kappa shape index (κ1) is 10.1. The van der Waals surface area contributed by atoms with Crippen molar-refractivity contribution < 1.29 is 10.2 Å². The van der Waals surface area contributed by atoms with E-state index in [1.54, 1.807) is 6.07 Å². The van der Waals surface area contributed by atoms with Crippen LogP contribution in [0.2, 0.25) is 0 Å². The molecule has 0 radical (unpaired) electrons. The zero-order chi connectivity index (χ0) is 10.1. The van der Waals surface area contributed by atoms with Gasteiger partial charge in [-0.05, 0) is 23.1 Å². The highest BCUT2D eigenvalue weighted by Gasteiger charge is 2.14. The Hall–Kier alpha value is -1.02. The van der Waals surface area contributed by atoms with Crippen molar-refractivity contribution in [2.75, 3.05) is 0 Å². The largest absolute Gasteiger partial charge is 0.508 e. The maximum Gasteiger partial charge on any atom is 0.121 e. The molecule has 0 bridgehead atoms. The molecule has 0 spiro atoms. The van der Waals surface area contributed by atoms with E-state index in [1.165, 1.54) is 0 Å². The fourth-order valence-corrected chi connectivity index (χ4v) is 1.18. The van der Waals surface area contributed by atoms with E-state index < -0.39 is 0 Å². The number of hydrogen-bond donors (Lipinski definition) is 2. The SMILES string of the molecule is CC(C)(C)c1ccc(O)c(CO)c1. The molecular weight excluding hydrogens is 164 g/mol. The summed E-state index contributed by atoms with van der Waals surface area (Å²) in [4.78, 5) is 0. The van der Waals surface area contributed by atoms with Crippen LogP contribution >= 0.6 is 0 Å². The highest BCUT2D eigenvalue weighted by molar-refractivity contribution is 5.38. The lowest BCUT2D eigenvalue weighted by molar-refractivity contribution is 0.275. The average molecular weight is 180 g/mol. The van der Waals surface area contributed by atoms with Gasteiger partial charge in [0.25, 0.3) is 0 Å². The first-order chi connectivity index (χ1) is 5.95. The molecule has 0 saturated heterocycles. The third-order valence-electron chi connectivity index (χ3n) is 2.12. The topological polar surface area (TPSA) is 40.5 Å². The highest BCUT2D eigenvalue weighted by atomic mass is 16.3. The smallest absolute Gasteiger partial charge is 0.121 e. The molecular formula is C11H16O2. The predicted molar refractivity (Wildman–Crippen MR) is 52.7 cm³/mol. The van der Waals surface area contributed by atoms with Gasteiger partial charge in [0.05, 0.1) is 6.61 Å². The van der Waals surface area contributed by atoms with E-state index in [0.717, 1.165) is 5.56 Å². The quantitative estimate of drug-likeness (QED) is 0.695. The second kappa shape index (κ2) is 3.38. The Morgan fingerprint density at radius 1 is 1.23 bits per heavy atom. The number of aliphatic hydroxyl groups excluding tert-OH is 1. The predicted octanol–water partition coefficient (Wildman–Crippen LogP) is 2.18. The second-order valence-electron chi connectivity index (χ2n) is 4.25. The van der Waals surface area contributed by atoms with Gasteiger partial charge in [0.1, 0.15) is 5.75 Å². The summed E-state index contributed by atoms with van der Waals surface area (Å²) in [5.74, 6) is 0.163. The van der Waals surface area contributed by atoms with Crippen molar-refractivity contribution in [1.29, 1.82) is 0 Å². The van der Waals surface area contributed by atoms with Crippen LogP contribution in [-0.4, -0.2) is 10.2 Å². The van der Waals surface area contributed by atoms with Gasteiger partial charge in [0.15, 0.2) is 0 Å². The summed E-state index contributed by atoms with van der Waals surface area (Å²) in [7, 11) is 0. The normalized spacial score (nSPS) is 11.7. The molecule has 2 heteroatoms. The van der Waals surface area contributed by atoms with Crippen molar-refractivity contribution >= 4 is 0 Å². The summed E-state index contributed by atoms with van der Waals surface area (Å²) in [6.45, 7) is 6.18. The van der Waals surface area contributed by atoms with E-state index in [0.29, 0.717) is 5.56 Å². The van der Waals surface area contributed by atoms with Gasteiger partial charge in [0.2, 0.25) is 0 Å². The van der Waals surface area contributed by atoms with E-state index in [2.05, 4.69) is 20.8 Å². The van der Waals surface area contributed by atoms with Crippen LogP contribution in [0.25, 0.3) is 0 Å². The molecule has 0 unspecified atom stereocenters. The Morgan fingerprint density at radius 2 is 1.85 bits per heavy atom. The molecule has 0 aliphatic rings. The van der Waals surface area contributed by atoms with Crippen LogP contribution in [0, 0.1) is 0 Å². The summed E-state index contributed by atoms with van der Waals surface area (Å²) in [5, 5.41) is 18.3. The molecule has 2 N–H and O–H groups in total. The molecule has 2 nitrogen and oxygen atoms in total. The van der Waals surface area contributed by atoms with E-state index in [1.807, 2.05) is 12.1 Å². The van der Waals surface area contributed by atoms with Crippen molar-refractivity contribution in [3.8, 4) is 5.75 Å². The molecule has 13 heavy (non-hydrogen) atoms. The minimum Gasteiger partial charge on any atom is -0.508 e. The molecule has 72 valence electrons. The van der Waals surface area contributed by atoms with Crippen LogP contribution in [0.4, 0.5) is 0 Å². The molecule has 1 rings (SSSR count). The molecule has 0 fully saturated rings. The van der Waals surface area contributed by atoms with Gasteiger partial charge >= 0.3 is 0 Å². The third kappa shape index (κ3) is 2.22. The Morgan fingerprint density at radius 3 is 2.31 bits per heavy atom. The monoisotopic (exact) mass is 180 g/mol. The molecule has 0 amide bonds. The van der Waals surface area contributed by atoms with Crippen molar-refractivity contribution in [2.45, 2.75) is 32.8 Å². The van der Waals surface area contributed by atoms with Gasteiger partial charge in [-0.3, -0.25) is 0 Å². The van der Waals surface area contributed by atoms with E-state index in [-0.39, 0.29) is 17.8 Å². The molecule has 0 atom stereocenters. The van der Waals surface area contributed by atoms with Gasteiger partial charge in [-0.1, -0.05) is 26.8 Å². The Kier molecular flexibility index (Phi) is 2.62. The van der Waals surface area contributed by atoms with Crippen molar-refractivity contribution in [3.63, 3.8) is 0 Å². The molecule has 0 saturated carbocycles. The molecule has 1 aromatic rings. The fraction of sp³-hybridized carbons (Fsp3) is 0.455. The fourth-order valence-electron chi connectivity index (χ4n) is 1.18. The number of rotatable bonds is 1. The second-order valence-corrected chi connectivity index (χ2v) is 4.25. The summed E-state index contributed by atoms with van der Waals surface area (Å²) < 4.78 is 0. The molecule has 0 aliphatic carbocycles. The zero-order valence-corrected chi connectivity index (χ0v) is 8.33. The molecule has 0 aliphatic heterocycles. The minimum atomic E-state index is -0.115. The summed E-state index contributed by atoms with van der Waals surface area (Å²) >= 11 is 0. The van der Waals surface area contributed by atoms with Crippen LogP contribution in [0.3, 0.4) is 0 Å². The van der Waals surface area contributed by atoms with Gasteiger partial charge < -0.3 is 10.2 Å². The lowest BCUT2D eigenvalue weighted by Gasteiger charge is -2.19. The van der Waals surface area contributed by atoms with E-state index >= 15 is 0 Å². The minimum absolute atomic E-state index is 0.0532. The van der Waals surface area contributed by atoms with Gasteiger partial charge in [-0.15, -0.1) is 0 Å². The number of aliphatic hydroxyl groups is 1. The summed E-state index contributed by atoms with van der Waals surface area (Å²) in [6.07, 6.45) is 0. The lowest BCUT2D eigenvalue weighted by Crippen LogP contribution is -2.11. The average Bonchev–Trinajstić information content (AvgIpc) is 2.03. The standard InChI is InChI=1S/C11H16O2/c1-11(2,3)9-4-5-10(13)8(6-9)7-12/h4-6,12-13H,7H2,1-3H3. The number of phenols is 1. The zero-order valence-electron chi connectivity index (χ0n) is 8.33. The van der Waals surface area contributed by atoms with E-state index in [4.69, 9.17) is 5.11 Å². The van der Waals surface area contributed by atoms with Crippen LogP contribution in [0.1, 0.15) is 31.9 Å². The van der Waals surface area contributed by atoms with Crippen molar-refractivity contribution in [3.05, 3.63) is 29.3 Å². The van der Waals surface area contributed by atoms with Crippen LogP contribution in [0.5, 0.6) is 5.75 Å². The third-order valence-corrected chi connectivity index (χ3v) is 2.12. The first-order valence-electron chi connectivity index (χ1n) is 4.38. The lowest BCUT2D eigenvalue weighted by atomic mass is 9.86. The maximum atomic E-state index is 9.34. The number of hydrogen-bond acceptors (Lipinski definition) is 2. The molecule has 1 aromatic carbocycles. The number of benzene rings is 1. The van der Waals surface area contributed by atoms with Gasteiger partial charge in [-0.25, -0.2) is 0 Å². The Labute approximate surface area is 78.8 Å². The van der Waals surface area contributed by atoms with Gasteiger partial charge in [0, 0.05) is 5.56 Å². The van der Waals surface area contributed by atoms with Crippen LogP contribution < -0.4 is 0 Å². The first-order valence-corrected chi connectivity index (χ1v) is 4.38. The van der Waals surface area contributed by atoms with E-state index in [9.17, 15) is 5.11 Å². The maximum absolute atomic E-state index is 9.34. The number of aromatic hydroxyl groups is 1. The Bertz CT molecular complexity index is 297. The molecule has 0 heterocycles. The summed E-state index contributed by atoms with van der Waals surface area (Å²) in [6, 6.07) is 5.36. The highest BCUT2D eigenvalue weighted by Crippen LogP contribution is 2.27. The Balaban J connectivity index is 3.14. The molecule has 0 aromatic heterocycles.